The molecule has 122 valence electrons. The number of halogens is 1. The number of nitrogens with zero attached hydrogens (tertiary/aromatic N) is 1. The van der Waals surface area contributed by atoms with Crippen molar-refractivity contribution in [3.8, 4) is 0 Å². The van der Waals surface area contributed by atoms with E-state index in [0.717, 1.165) is 10.1 Å². The molecule has 2 rings (SSSR count). The van der Waals surface area contributed by atoms with Gasteiger partial charge in [-0.15, -0.1) is 11.3 Å². The molecule has 1 atom stereocenters. The van der Waals surface area contributed by atoms with Crippen molar-refractivity contribution in [2.45, 2.75) is 20.8 Å². The number of hydrogen-bond donors (Lipinski definition) is 1. The first-order chi connectivity index (χ1) is 11.0. The monoisotopic (exact) mass is 352 g/mol. The first-order valence-electron chi connectivity index (χ1n) is 7.13. The highest BCUT2D eigenvalue weighted by molar-refractivity contribution is 7.21. The van der Waals surface area contributed by atoms with Crippen LogP contribution in [-0.4, -0.2) is 24.2 Å². The number of hydrogen-bond acceptors (Lipinski definition) is 5. The third-order valence-electron chi connectivity index (χ3n) is 3.34. The Balaban J connectivity index is 2.13. The van der Waals surface area contributed by atoms with Crippen LogP contribution in [0.5, 0.6) is 0 Å². The molecule has 0 saturated heterocycles. The predicted molar refractivity (Wildman–Crippen MR) is 93.2 cm³/mol. The number of thiophene rings is 1. The van der Waals surface area contributed by atoms with Gasteiger partial charge in [0, 0.05) is 15.8 Å². The van der Waals surface area contributed by atoms with Crippen LogP contribution in [0, 0.1) is 5.92 Å². The first-order valence-corrected chi connectivity index (χ1v) is 8.33. The molecule has 0 spiro atoms. The number of carbonyl (C=O) groups is 2. The largest absolute Gasteiger partial charge is 0.465 e. The van der Waals surface area contributed by atoms with Gasteiger partial charge in [-0.2, -0.15) is 5.10 Å². The van der Waals surface area contributed by atoms with Crippen LogP contribution in [0.2, 0.25) is 5.02 Å². The molecule has 0 bridgehead atoms. The Hall–Kier alpha value is -1.92. The van der Waals surface area contributed by atoms with Gasteiger partial charge < -0.3 is 4.74 Å². The summed E-state index contributed by atoms with van der Waals surface area (Å²) < 4.78 is 5.86. The van der Waals surface area contributed by atoms with E-state index in [4.69, 9.17) is 16.3 Å². The number of rotatable bonds is 5. The summed E-state index contributed by atoms with van der Waals surface area (Å²) in [6, 6.07) is 7.52. The lowest BCUT2D eigenvalue weighted by atomic mass is 10.1. The lowest BCUT2D eigenvalue weighted by molar-refractivity contribution is -0.145. The molecule has 5 nitrogen and oxygen atoms in total. The second kappa shape index (κ2) is 7.57. The normalized spacial score (nSPS) is 13.0. The van der Waals surface area contributed by atoms with Gasteiger partial charge in [0.1, 0.15) is 4.88 Å². The summed E-state index contributed by atoms with van der Waals surface area (Å²) in [5, 5.41) is 5.23. The van der Waals surface area contributed by atoms with Gasteiger partial charge in [-0.05, 0) is 26.8 Å². The van der Waals surface area contributed by atoms with E-state index >= 15 is 0 Å². The lowest BCUT2D eigenvalue weighted by Crippen LogP contribution is -2.25. The molecule has 1 N–H and O–H groups in total. The molecule has 1 aromatic carbocycles. The summed E-state index contributed by atoms with van der Waals surface area (Å²) in [4.78, 5) is 24.3. The highest BCUT2D eigenvalue weighted by Gasteiger charge is 2.19. The maximum absolute atomic E-state index is 12.2. The Labute approximate surface area is 143 Å². The average Bonchev–Trinajstić information content (AvgIpc) is 2.89. The second-order valence-electron chi connectivity index (χ2n) is 4.91. The van der Waals surface area contributed by atoms with Crippen LogP contribution in [0.1, 0.15) is 30.4 Å². The fourth-order valence-electron chi connectivity index (χ4n) is 1.88. The standard InChI is InChI=1S/C16H17ClN2O3S/c1-4-22-16(21)9(2)10(3)18-19-15(20)14-13(17)11-7-5-6-8-12(11)23-14/h5-9H,4H2,1-3H3,(H,19,20)/b18-10+/t9-/m0/s1. The van der Waals surface area contributed by atoms with Crippen LogP contribution < -0.4 is 5.43 Å². The van der Waals surface area contributed by atoms with Gasteiger partial charge in [-0.1, -0.05) is 29.8 Å². The zero-order valence-corrected chi connectivity index (χ0v) is 14.6. The molecule has 0 aliphatic carbocycles. The van der Waals surface area contributed by atoms with E-state index in [1.165, 1.54) is 11.3 Å². The summed E-state index contributed by atoms with van der Waals surface area (Å²) in [6.07, 6.45) is 0. The second-order valence-corrected chi connectivity index (χ2v) is 6.34. The zero-order valence-electron chi connectivity index (χ0n) is 13.1. The number of nitrogens with one attached hydrogen (secondary N) is 1. The molecule has 0 fully saturated rings. The molecule has 1 aromatic heterocycles. The SMILES string of the molecule is CCOC(=O)[C@@H](C)/C(C)=N/NC(=O)c1sc2ccccc2c1Cl. The summed E-state index contributed by atoms with van der Waals surface area (Å²) >= 11 is 7.55. The quantitative estimate of drug-likeness (QED) is 0.504. The molecule has 0 radical (unpaired) electrons. The van der Waals surface area contributed by atoms with Crippen molar-refractivity contribution in [3.63, 3.8) is 0 Å². The average molecular weight is 353 g/mol. The van der Waals surface area contributed by atoms with Gasteiger partial charge in [0.15, 0.2) is 0 Å². The van der Waals surface area contributed by atoms with Crippen molar-refractivity contribution >= 4 is 50.6 Å². The van der Waals surface area contributed by atoms with Crippen molar-refractivity contribution in [1.29, 1.82) is 0 Å². The van der Waals surface area contributed by atoms with Crippen LogP contribution in [0.3, 0.4) is 0 Å². The molecular weight excluding hydrogens is 336 g/mol. The summed E-state index contributed by atoms with van der Waals surface area (Å²) in [7, 11) is 0. The van der Waals surface area contributed by atoms with Crippen molar-refractivity contribution in [3.05, 3.63) is 34.2 Å². The van der Waals surface area contributed by atoms with Crippen molar-refractivity contribution in [2.75, 3.05) is 6.61 Å². The van der Waals surface area contributed by atoms with E-state index in [1.807, 2.05) is 24.3 Å². The Kier molecular flexibility index (Phi) is 5.74. The topological polar surface area (TPSA) is 67.8 Å². The molecule has 1 heterocycles. The van der Waals surface area contributed by atoms with E-state index in [9.17, 15) is 9.59 Å². The van der Waals surface area contributed by atoms with Gasteiger partial charge in [-0.25, -0.2) is 5.43 Å². The van der Waals surface area contributed by atoms with Gasteiger partial charge in [0.2, 0.25) is 0 Å². The minimum absolute atomic E-state index is 0.306. The number of carbonyl (C=O) groups excluding carboxylic acids is 2. The maximum atomic E-state index is 12.2. The van der Waals surface area contributed by atoms with Crippen LogP contribution in [0.15, 0.2) is 29.4 Å². The Morgan fingerprint density at radius 3 is 2.74 bits per heavy atom. The smallest absolute Gasteiger partial charge is 0.314 e. The van der Waals surface area contributed by atoms with Gasteiger partial charge in [0.05, 0.1) is 17.5 Å². The third kappa shape index (κ3) is 3.89. The fourth-order valence-corrected chi connectivity index (χ4v) is 3.29. The minimum atomic E-state index is -0.520. The number of hydrazone groups is 1. The zero-order chi connectivity index (χ0) is 17.0. The lowest BCUT2D eigenvalue weighted by Gasteiger charge is -2.09. The van der Waals surface area contributed by atoms with Gasteiger partial charge >= 0.3 is 5.97 Å². The molecule has 0 aliphatic heterocycles. The maximum Gasteiger partial charge on any atom is 0.314 e. The van der Waals surface area contributed by atoms with Crippen LogP contribution in [0.4, 0.5) is 0 Å². The molecule has 0 aliphatic rings. The van der Waals surface area contributed by atoms with Crippen molar-refractivity contribution in [1.82, 2.24) is 5.43 Å². The van der Waals surface area contributed by atoms with Crippen molar-refractivity contribution < 1.29 is 14.3 Å². The van der Waals surface area contributed by atoms with E-state index in [2.05, 4.69) is 10.5 Å². The number of ether oxygens (including phenoxy) is 1. The van der Waals surface area contributed by atoms with E-state index in [-0.39, 0.29) is 5.97 Å². The Bertz CT molecular complexity index is 770. The minimum Gasteiger partial charge on any atom is -0.465 e. The third-order valence-corrected chi connectivity index (χ3v) is 5.02. The first kappa shape index (κ1) is 17.4. The Morgan fingerprint density at radius 1 is 1.39 bits per heavy atom. The molecule has 23 heavy (non-hydrogen) atoms. The van der Waals surface area contributed by atoms with Crippen LogP contribution in [-0.2, 0) is 9.53 Å². The summed E-state index contributed by atoms with van der Waals surface area (Å²) in [6.45, 7) is 5.38. The highest BCUT2D eigenvalue weighted by Crippen LogP contribution is 2.34. The molecule has 0 unspecified atom stereocenters. The number of esters is 1. The number of fused-ring (bicyclic) bond motifs is 1. The predicted octanol–water partition coefficient (Wildman–Crippen LogP) is 3.86. The fraction of sp³-hybridized carbons (Fsp3) is 0.312. The van der Waals surface area contributed by atoms with Crippen LogP contribution >= 0.6 is 22.9 Å². The summed E-state index contributed by atoms with van der Waals surface area (Å²) in [5.74, 6) is -1.29. The van der Waals surface area contributed by atoms with E-state index in [0.29, 0.717) is 22.2 Å². The van der Waals surface area contributed by atoms with Gasteiger partial charge in [-0.3, -0.25) is 9.59 Å². The summed E-state index contributed by atoms with van der Waals surface area (Å²) in [5.41, 5.74) is 2.91. The molecule has 2 aromatic rings. The molecular formula is C16H17ClN2O3S. The van der Waals surface area contributed by atoms with Crippen molar-refractivity contribution in [2.24, 2.45) is 11.0 Å². The Morgan fingerprint density at radius 2 is 2.09 bits per heavy atom. The highest BCUT2D eigenvalue weighted by atomic mass is 35.5. The number of benzene rings is 1. The van der Waals surface area contributed by atoms with E-state index in [1.54, 1.807) is 20.8 Å². The molecule has 0 saturated carbocycles. The molecule has 7 heteroatoms. The van der Waals surface area contributed by atoms with E-state index < -0.39 is 11.8 Å². The van der Waals surface area contributed by atoms with Crippen LogP contribution in [0.25, 0.3) is 10.1 Å². The van der Waals surface area contributed by atoms with Gasteiger partial charge in [0.25, 0.3) is 5.91 Å². The molecule has 1 amide bonds. The number of amides is 1.